The number of nitrogens with zero attached hydrogens (tertiary/aromatic N) is 4. The van der Waals surface area contributed by atoms with Crippen LogP contribution in [0, 0.1) is 5.92 Å². The lowest BCUT2D eigenvalue weighted by molar-refractivity contribution is -0.274. The molecule has 10 nitrogen and oxygen atoms in total. The maximum atomic E-state index is 12.6. The molecule has 0 aliphatic carbocycles. The molecule has 2 aromatic carbocycles. The highest BCUT2D eigenvalue weighted by molar-refractivity contribution is 7.89. The first kappa shape index (κ1) is 32.7. The number of carbonyl (C=O) groups is 1. The average molecular weight is 624 g/mol. The summed E-state index contributed by atoms with van der Waals surface area (Å²) in [5, 5.41) is 8.10. The van der Waals surface area contributed by atoms with Gasteiger partial charge in [-0.25, -0.2) is 22.9 Å². The van der Waals surface area contributed by atoms with Crippen LogP contribution in [0.2, 0.25) is 0 Å². The monoisotopic (exact) mass is 623 g/mol. The molecule has 0 spiro atoms. The van der Waals surface area contributed by atoms with Crippen LogP contribution in [0.4, 0.5) is 38.1 Å². The van der Waals surface area contributed by atoms with E-state index in [2.05, 4.69) is 14.4 Å². The number of aliphatic carboxylic acids is 1. The van der Waals surface area contributed by atoms with E-state index in [1.54, 1.807) is 0 Å². The van der Waals surface area contributed by atoms with Crippen molar-refractivity contribution < 1.29 is 49.4 Å². The molecule has 1 saturated heterocycles. The van der Waals surface area contributed by atoms with Gasteiger partial charge in [-0.2, -0.15) is 18.2 Å². The predicted octanol–water partition coefficient (Wildman–Crippen LogP) is 4.42. The largest absolute Gasteiger partial charge is 0.573 e. The van der Waals surface area contributed by atoms with E-state index in [1.165, 1.54) is 0 Å². The Bertz CT molecular complexity index is 1480. The van der Waals surface area contributed by atoms with Gasteiger partial charge in [-0.05, 0) is 55.2 Å². The second-order valence-electron chi connectivity index (χ2n) is 9.36. The van der Waals surface area contributed by atoms with Gasteiger partial charge in [0.1, 0.15) is 11.6 Å². The van der Waals surface area contributed by atoms with Crippen LogP contribution in [0.15, 0.2) is 53.4 Å². The molecule has 1 aromatic heterocycles. The molecule has 0 unspecified atom stereocenters. The number of carboxylic acid groups (broad SMARTS) is 1. The predicted molar refractivity (Wildman–Crippen MR) is 141 cm³/mol. The summed E-state index contributed by atoms with van der Waals surface area (Å²) >= 11 is 0. The van der Waals surface area contributed by atoms with Crippen molar-refractivity contribution >= 4 is 38.7 Å². The normalized spacial score (nSPS) is 14.7. The highest BCUT2D eigenvalue weighted by Crippen LogP contribution is 2.28. The Kier molecular flexibility index (Phi) is 10.1. The number of sulfonamides is 1. The fraction of sp³-hybridized carbons (Fsp3) is 0.400. The zero-order valence-electron chi connectivity index (χ0n) is 22.3. The quantitative estimate of drug-likeness (QED) is 0.368. The first-order valence-electron chi connectivity index (χ1n) is 12.3. The number of alkyl halides is 6. The number of carboxylic acids is 1. The number of nitrogens with one attached hydrogen (secondary N) is 1. The molecule has 0 amide bonds. The van der Waals surface area contributed by atoms with Crippen molar-refractivity contribution in [2.24, 2.45) is 5.92 Å². The van der Waals surface area contributed by atoms with Gasteiger partial charge in [-0.1, -0.05) is 12.1 Å². The summed E-state index contributed by atoms with van der Waals surface area (Å²) in [5.74, 6) is -1.63. The Balaban J connectivity index is 0.000000616. The Morgan fingerprint density at radius 1 is 1.02 bits per heavy atom. The second-order valence-corrected chi connectivity index (χ2v) is 11.1. The van der Waals surface area contributed by atoms with Gasteiger partial charge in [0.15, 0.2) is 0 Å². The molecule has 0 atom stereocenters. The zero-order valence-corrected chi connectivity index (χ0v) is 23.1. The minimum Gasteiger partial charge on any atom is -0.475 e. The van der Waals surface area contributed by atoms with E-state index in [4.69, 9.17) is 19.9 Å². The first-order chi connectivity index (χ1) is 19.5. The van der Waals surface area contributed by atoms with Crippen molar-refractivity contribution in [3.8, 4) is 5.75 Å². The lowest BCUT2D eigenvalue weighted by Gasteiger charge is -2.32. The average Bonchev–Trinajstić information content (AvgIpc) is 2.91. The van der Waals surface area contributed by atoms with E-state index >= 15 is 0 Å². The van der Waals surface area contributed by atoms with E-state index in [0.717, 1.165) is 53.8 Å². The molecular weight excluding hydrogens is 596 g/mol. The Morgan fingerprint density at radius 3 is 2.12 bits per heavy atom. The molecule has 4 rings (SSSR count). The number of para-hydroxylation sites is 1. The molecule has 0 radical (unpaired) electrons. The van der Waals surface area contributed by atoms with Crippen LogP contribution in [-0.2, 0) is 14.8 Å². The summed E-state index contributed by atoms with van der Waals surface area (Å²) in [5.41, 5.74) is 0.864. The Morgan fingerprint density at radius 2 is 1.60 bits per heavy atom. The van der Waals surface area contributed by atoms with E-state index < -0.39 is 34.3 Å². The lowest BCUT2D eigenvalue weighted by atomic mass is 9.97. The van der Waals surface area contributed by atoms with Crippen molar-refractivity contribution in [1.29, 1.82) is 0 Å². The van der Waals surface area contributed by atoms with Crippen molar-refractivity contribution in [1.82, 2.24) is 14.7 Å². The van der Waals surface area contributed by atoms with Crippen molar-refractivity contribution in [3.63, 3.8) is 0 Å². The third-order valence-corrected chi connectivity index (χ3v) is 7.50. The number of hydrogen-bond donors (Lipinski definition) is 2. The summed E-state index contributed by atoms with van der Waals surface area (Å²) in [6.07, 6.45) is -8.43. The molecule has 3 aromatic rings. The molecule has 2 heterocycles. The van der Waals surface area contributed by atoms with Crippen molar-refractivity contribution in [2.75, 3.05) is 43.5 Å². The number of fused-ring (bicyclic) bond motifs is 1. The molecular formula is C25H27F6N5O5S. The number of hydrogen-bond acceptors (Lipinski definition) is 8. The Labute approximate surface area is 237 Å². The van der Waals surface area contributed by atoms with E-state index in [1.807, 2.05) is 43.3 Å². The maximum Gasteiger partial charge on any atom is 0.573 e. The summed E-state index contributed by atoms with van der Waals surface area (Å²) in [6, 6.07) is 12.0. The van der Waals surface area contributed by atoms with Crippen LogP contribution in [-0.4, -0.2) is 75.7 Å². The number of benzene rings is 2. The SMILES string of the molecule is CN(C)c1nc(N2CCC(CNS(=O)(=O)c3ccc(OC(F)(F)F)cc3)CC2)nc2ccccc12.O=C(O)C(F)(F)F. The van der Waals surface area contributed by atoms with Crippen LogP contribution >= 0.6 is 0 Å². The van der Waals surface area contributed by atoms with Gasteiger partial charge >= 0.3 is 18.5 Å². The topological polar surface area (TPSA) is 125 Å². The van der Waals surface area contributed by atoms with Gasteiger partial charge in [0.25, 0.3) is 0 Å². The summed E-state index contributed by atoms with van der Waals surface area (Å²) in [4.78, 5) is 22.3. The second kappa shape index (κ2) is 13.0. The molecule has 17 heteroatoms. The molecule has 1 aliphatic heterocycles. The van der Waals surface area contributed by atoms with E-state index in [0.29, 0.717) is 19.0 Å². The summed E-state index contributed by atoms with van der Waals surface area (Å²) < 4.78 is 100. The molecule has 2 N–H and O–H groups in total. The van der Waals surface area contributed by atoms with Crippen LogP contribution in [0.1, 0.15) is 12.8 Å². The molecule has 1 aliphatic rings. The van der Waals surface area contributed by atoms with Crippen LogP contribution in [0.25, 0.3) is 10.9 Å². The molecule has 1 fully saturated rings. The molecule has 230 valence electrons. The van der Waals surface area contributed by atoms with Gasteiger partial charge < -0.3 is 19.6 Å². The Hall–Kier alpha value is -3.86. The molecule has 0 saturated carbocycles. The van der Waals surface area contributed by atoms with Crippen LogP contribution in [0.5, 0.6) is 5.75 Å². The van der Waals surface area contributed by atoms with Gasteiger partial charge in [-0.3, -0.25) is 0 Å². The highest BCUT2D eigenvalue weighted by Gasteiger charge is 2.38. The van der Waals surface area contributed by atoms with Gasteiger partial charge in [-0.15, -0.1) is 13.2 Å². The minimum absolute atomic E-state index is 0.114. The number of aromatic nitrogens is 2. The standard InChI is InChI=1S/C23H26F3N5O3S.C2HF3O2/c1-30(2)21-19-5-3-4-6-20(19)28-22(29-21)31-13-11-16(12-14-31)15-27-35(32,33)18-9-7-17(8-10-18)34-23(24,25)26;3-2(4,5)1(6)7/h3-10,16,27H,11-15H2,1-2H3;(H,6,7). The van der Waals surface area contributed by atoms with Crippen LogP contribution < -0.4 is 19.3 Å². The first-order valence-corrected chi connectivity index (χ1v) is 13.8. The number of anilines is 2. The van der Waals surface area contributed by atoms with E-state index in [-0.39, 0.29) is 17.4 Å². The minimum atomic E-state index is -5.08. The fourth-order valence-electron chi connectivity index (χ4n) is 4.00. The lowest BCUT2D eigenvalue weighted by Crippen LogP contribution is -2.39. The fourth-order valence-corrected chi connectivity index (χ4v) is 5.11. The number of piperidine rings is 1. The smallest absolute Gasteiger partial charge is 0.475 e. The molecule has 0 bridgehead atoms. The summed E-state index contributed by atoms with van der Waals surface area (Å²) in [6.45, 7) is 1.60. The number of rotatable bonds is 7. The van der Waals surface area contributed by atoms with Crippen LogP contribution in [0.3, 0.4) is 0 Å². The van der Waals surface area contributed by atoms with Crippen molar-refractivity contribution in [2.45, 2.75) is 30.3 Å². The molecule has 42 heavy (non-hydrogen) atoms. The summed E-state index contributed by atoms with van der Waals surface area (Å²) in [7, 11) is 0.0207. The number of halogens is 6. The zero-order chi connectivity index (χ0) is 31.3. The maximum absolute atomic E-state index is 12.6. The third-order valence-electron chi connectivity index (χ3n) is 6.06. The van der Waals surface area contributed by atoms with E-state index in [9.17, 15) is 34.8 Å². The number of ether oxygens (including phenoxy) is 1. The van der Waals surface area contributed by atoms with Gasteiger partial charge in [0.2, 0.25) is 16.0 Å². The third kappa shape index (κ3) is 9.07. The van der Waals surface area contributed by atoms with Gasteiger partial charge in [0, 0.05) is 39.1 Å². The van der Waals surface area contributed by atoms with Crippen molar-refractivity contribution in [3.05, 3.63) is 48.5 Å². The highest BCUT2D eigenvalue weighted by atomic mass is 32.2. The van der Waals surface area contributed by atoms with Gasteiger partial charge in [0.05, 0.1) is 10.4 Å².